The maximum atomic E-state index is 12.4. The predicted octanol–water partition coefficient (Wildman–Crippen LogP) is 3.40. The second-order valence-corrected chi connectivity index (χ2v) is 18.1. The number of carbonyl (C=O) groups excluding carboxylic acids is 2. The van der Waals surface area contributed by atoms with E-state index in [1.807, 2.05) is 46.4 Å². The van der Waals surface area contributed by atoms with E-state index in [4.69, 9.17) is 19.0 Å². The van der Waals surface area contributed by atoms with Crippen LogP contribution < -0.4 is 10.6 Å². The summed E-state index contributed by atoms with van der Waals surface area (Å²) in [6.45, 7) is 27.1. The van der Waals surface area contributed by atoms with E-state index in [-0.39, 0.29) is 35.9 Å². The minimum atomic E-state index is -1.81. The minimum Gasteiger partial charge on any atom is -0.444 e. The highest BCUT2D eigenvalue weighted by Crippen LogP contribution is 2.36. The molecule has 11 heteroatoms. The lowest BCUT2D eigenvalue weighted by molar-refractivity contribution is 0.00419. The lowest BCUT2D eigenvalue weighted by Gasteiger charge is -2.41. The van der Waals surface area contributed by atoms with Crippen molar-refractivity contribution in [1.82, 2.24) is 20.4 Å². The molecule has 218 valence electrons. The summed E-state index contributed by atoms with van der Waals surface area (Å²) >= 11 is 0. The van der Waals surface area contributed by atoms with E-state index in [1.54, 1.807) is 4.90 Å². The monoisotopic (exact) mass is 546 g/mol. The molecule has 2 fully saturated rings. The number of hydrogen-bond donors (Lipinski definition) is 3. The molecule has 0 bridgehead atoms. The Hall–Kier alpha value is -1.40. The van der Waals surface area contributed by atoms with Gasteiger partial charge in [0.15, 0.2) is 8.32 Å². The lowest BCUT2D eigenvalue weighted by atomic mass is 10.2. The fourth-order valence-corrected chi connectivity index (χ4v) is 4.52. The molecule has 37 heavy (non-hydrogen) atoms. The Morgan fingerprint density at radius 3 is 1.59 bits per heavy atom. The van der Waals surface area contributed by atoms with Gasteiger partial charge in [0.2, 0.25) is 0 Å². The minimum absolute atomic E-state index is 0.0355. The Morgan fingerprint density at radius 2 is 1.22 bits per heavy atom. The highest BCUT2D eigenvalue weighted by atomic mass is 28.4. The van der Waals surface area contributed by atoms with Gasteiger partial charge >= 0.3 is 12.2 Å². The molecule has 2 heterocycles. The van der Waals surface area contributed by atoms with Crippen LogP contribution in [0.15, 0.2) is 0 Å². The Kier molecular flexibility index (Phi) is 12.4. The summed E-state index contributed by atoms with van der Waals surface area (Å²) in [6.07, 6.45) is -0.583. The summed E-state index contributed by atoms with van der Waals surface area (Å²) in [5.74, 6) is 0. The van der Waals surface area contributed by atoms with Crippen LogP contribution >= 0.6 is 0 Å². The van der Waals surface area contributed by atoms with E-state index < -0.39 is 19.5 Å². The summed E-state index contributed by atoms with van der Waals surface area (Å²) in [6, 6.07) is -0.133. The van der Waals surface area contributed by atoms with Gasteiger partial charge in [-0.25, -0.2) is 9.59 Å². The Morgan fingerprint density at radius 1 is 0.811 bits per heavy atom. The SMILES string of the molecule is CC(C)(C)OC(=O)N1CCNC[C@H]1CO.CC(C)(C)OC(=O)N1CCNC[C@H]1CO[Si](C)(C)C(C)(C)C. The summed E-state index contributed by atoms with van der Waals surface area (Å²) in [7, 11) is -1.81. The molecule has 0 aromatic heterocycles. The number of piperazine rings is 2. The standard InChI is InChI=1S/C16H34N2O3Si.C10H20N2O3/c1-15(2,3)21-14(19)18-10-9-17-11-13(18)12-20-22(7,8)16(4,5)6;1-10(2,3)15-9(14)12-5-4-11-6-8(12)7-13/h13,17H,9-12H2,1-8H3;8,11,13H,4-7H2,1-3H3/t13-;8-/m00/s1. The fourth-order valence-electron chi connectivity index (χ4n) is 3.48. The second kappa shape index (κ2) is 13.6. The number of hydrogen-bond acceptors (Lipinski definition) is 8. The van der Waals surface area contributed by atoms with Crippen LogP contribution in [0.3, 0.4) is 0 Å². The van der Waals surface area contributed by atoms with Crippen molar-refractivity contribution in [3.05, 3.63) is 0 Å². The zero-order valence-electron chi connectivity index (χ0n) is 25.2. The van der Waals surface area contributed by atoms with Crippen LogP contribution in [0.2, 0.25) is 18.1 Å². The van der Waals surface area contributed by atoms with Gasteiger partial charge in [0.05, 0.1) is 25.3 Å². The fraction of sp³-hybridized carbons (Fsp3) is 0.923. The molecule has 2 saturated heterocycles. The molecular weight excluding hydrogens is 492 g/mol. The molecule has 10 nitrogen and oxygen atoms in total. The maximum absolute atomic E-state index is 12.4. The number of aliphatic hydroxyl groups excluding tert-OH is 1. The van der Waals surface area contributed by atoms with Crippen LogP contribution in [0.5, 0.6) is 0 Å². The first-order valence-electron chi connectivity index (χ1n) is 13.4. The third kappa shape index (κ3) is 11.9. The molecule has 2 aliphatic rings. The van der Waals surface area contributed by atoms with E-state index in [0.29, 0.717) is 26.2 Å². The predicted molar refractivity (Wildman–Crippen MR) is 149 cm³/mol. The summed E-state index contributed by atoms with van der Waals surface area (Å²) in [5, 5.41) is 15.8. The quantitative estimate of drug-likeness (QED) is 0.460. The Labute approximate surface area is 225 Å². The summed E-state index contributed by atoms with van der Waals surface area (Å²) in [4.78, 5) is 27.5. The largest absolute Gasteiger partial charge is 0.444 e. The number of nitrogens with zero attached hydrogens (tertiary/aromatic N) is 2. The van der Waals surface area contributed by atoms with Crippen molar-refractivity contribution in [2.24, 2.45) is 0 Å². The molecule has 0 aromatic rings. The number of nitrogens with one attached hydrogen (secondary N) is 2. The Balaban J connectivity index is 0.000000397. The summed E-state index contributed by atoms with van der Waals surface area (Å²) in [5.41, 5.74) is -0.950. The van der Waals surface area contributed by atoms with Crippen molar-refractivity contribution >= 4 is 20.5 Å². The van der Waals surface area contributed by atoms with Gasteiger partial charge in [0.1, 0.15) is 11.2 Å². The normalized spacial score (nSPS) is 21.6. The van der Waals surface area contributed by atoms with E-state index in [9.17, 15) is 9.59 Å². The molecule has 0 spiro atoms. The first-order chi connectivity index (χ1) is 16.8. The van der Waals surface area contributed by atoms with E-state index >= 15 is 0 Å². The van der Waals surface area contributed by atoms with Gasteiger partial charge in [0.25, 0.3) is 0 Å². The van der Waals surface area contributed by atoms with E-state index in [0.717, 1.165) is 19.6 Å². The molecule has 0 unspecified atom stereocenters. The first-order valence-corrected chi connectivity index (χ1v) is 16.3. The number of aliphatic hydroxyl groups is 1. The van der Waals surface area contributed by atoms with Gasteiger partial charge in [-0.1, -0.05) is 20.8 Å². The average molecular weight is 547 g/mol. The topological polar surface area (TPSA) is 113 Å². The third-order valence-electron chi connectivity index (χ3n) is 6.61. The van der Waals surface area contributed by atoms with Gasteiger partial charge < -0.3 is 39.4 Å². The van der Waals surface area contributed by atoms with Crippen LogP contribution in [-0.4, -0.2) is 111 Å². The molecule has 0 saturated carbocycles. The highest BCUT2D eigenvalue weighted by Gasteiger charge is 2.39. The average Bonchev–Trinajstić information content (AvgIpc) is 2.75. The number of carbonyl (C=O) groups is 2. The van der Waals surface area contributed by atoms with Crippen LogP contribution in [0.1, 0.15) is 62.3 Å². The van der Waals surface area contributed by atoms with Crippen LogP contribution in [-0.2, 0) is 13.9 Å². The first kappa shape index (κ1) is 33.6. The number of ether oxygens (including phenoxy) is 2. The maximum Gasteiger partial charge on any atom is 0.410 e. The number of amides is 2. The van der Waals surface area contributed by atoms with Crippen molar-refractivity contribution in [2.75, 3.05) is 52.5 Å². The molecule has 0 radical (unpaired) electrons. The van der Waals surface area contributed by atoms with Gasteiger partial charge in [0, 0.05) is 39.3 Å². The van der Waals surface area contributed by atoms with Crippen LogP contribution in [0.4, 0.5) is 9.59 Å². The Bertz CT molecular complexity index is 730. The van der Waals surface area contributed by atoms with Crippen molar-refractivity contribution < 1.29 is 28.6 Å². The molecule has 2 rings (SSSR count). The van der Waals surface area contributed by atoms with Crippen molar-refractivity contribution in [1.29, 1.82) is 0 Å². The zero-order chi connectivity index (χ0) is 28.7. The van der Waals surface area contributed by atoms with Crippen molar-refractivity contribution in [2.45, 2.75) is 104 Å². The lowest BCUT2D eigenvalue weighted by Crippen LogP contribution is -2.57. The molecule has 3 N–H and O–H groups in total. The smallest absolute Gasteiger partial charge is 0.410 e. The van der Waals surface area contributed by atoms with E-state index in [2.05, 4.69) is 44.5 Å². The van der Waals surface area contributed by atoms with Gasteiger partial charge in [-0.15, -0.1) is 0 Å². The molecule has 2 amide bonds. The van der Waals surface area contributed by atoms with Crippen molar-refractivity contribution in [3.8, 4) is 0 Å². The van der Waals surface area contributed by atoms with Gasteiger partial charge in [-0.2, -0.15) is 0 Å². The molecule has 0 aromatic carbocycles. The highest BCUT2D eigenvalue weighted by molar-refractivity contribution is 6.74. The van der Waals surface area contributed by atoms with Crippen LogP contribution in [0.25, 0.3) is 0 Å². The summed E-state index contributed by atoms with van der Waals surface area (Å²) < 4.78 is 17.1. The molecule has 2 aliphatic heterocycles. The second-order valence-electron chi connectivity index (χ2n) is 13.3. The number of rotatable bonds is 4. The van der Waals surface area contributed by atoms with Crippen molar-refractivity contribution in [3.63, 3.8) is 0 Å². The molecule has 0 aliphatic carbocycles. The molecular formula is C26H54N4O6Si. The van der Waals surface area contributed by atoms with E-state index in [1.165, 1.54) is 0 Å². The molecule has 2 atom stereocenters. The zero-order valence-corrected chi connectivity index (χ0v) is 26.2. The van der Waals surface area contributed by atoms with Gasteiger partial charge in [-0.05, 0) is 59.7 Å². The van der Waals surface area contributed by atoms with Crippen LogP contribution in [0, 0.1) is 0 Å². The van der Waals surface area contributed by atoms with Gasteiger partial charge in [-0.3, -0.25) is 0 Å². The third-order valence-corrected chi connectivity index (χ3v) is 11.1.